The van der Waals surface area contributed by atoms with Crippen molar-refractivity contribution in [3.8, 4) is 11.5 Å². The Kier molecular flexibility index (Phi) is 6.11. The van der Waals surface area contributed by atoms with Gasteiger partial charge in [-0.2, -0.15) is 0 Å². The predicted octanol–water partition coefficient (Wildman–Crippen LogP) is 6.41. The van der Waals surface area contributed by atoms with E-state index in [1.54, 1.807) is 0 Å². The predicted molar refractivity (Wildman–Crippen MR) is 120 cm³/mol. The number of ether oxygens (including phenoxy) is 1. The lowest BCUT2D eigenvalue weighted by Gasteiger charge is -2.38. The van der Waals surface area contributed by atoms with E-state index < -0.39 is 0 Å². The molecule has 140 valence electrons. The third-order valence-corrected chi connectivity index (χ3v) is 10.9. The summed E-state index contributed by atoms with van der Waals surface area (Å²) in [6.45, 7) is 14.0. The Hall–Kier alpha value is -0.900. The third-order valence-electron chi connectivity index (χ3n) is 5.75. The minimum atomic E-state index is -0.149. The fourth-order valence-corrected chi connectivity index (χ4v) is 7.88. The molecule has 0 amide bonds. The highest BCUT2D eigenvalue weighted by Crippen LogP contribution is 2.52. The van der Waals surface area contributed by atoms with E-state index in [0.29, 0.717) is 0 Å². The van der Waals surface area contributed by atoms with Gasteiger partial charge in [-0.25, -0.2) is 0 Å². The summed E-state index contributed by atoms with van der Waals surface area (Å²) in [5, 5.41) is 2.90. The minimum absolute atomic E-state index is 0.0140. The molecule has 1 heterocycles. The number of benzene rings is 2. The van der Waals surface area contributed by atoms with Crippen LogP contribution in [0.1, 0.15) is 52.7 Å². The van der Waals surface area contributed by atoms with E-state index >= 15 is 0 Å². The molecule has 0 aromatic heterocycles. The summed E-state index contributed by atoms with van der Waals surface area (Å²) in [7, 11) is -0.297. The van der Waals surface area contributed by atoms with Crippen LogP contribution in [0.3, 0.4) is 0 Å². The Morgan fingerprint density at radius 1 is 0.692 bits per heavy atom. The molecule has 0 spiro atoms. The summed E-state index contributed by atoms with van der Waals surface area (Å²) in [6, 6.07) is 13.6. The molecule has 0 aliphatic carbocycles. The highest BCUT2D eigenvalue weighted by atomic mass is 31.1. The van der Waals surface area contributed by atoms with Crippen molar-refractivity contribution < 1.29 is 4.74 Å². The van der Waals surface area contributed by atoms with Gasteiger partial charge < -0.3 is 4.74 Å². The van der Waals surface area contributed by atoms with Gasteiger partial charge >= 0.3 is 0 Å². The first-order chi connectivity index (χ1) is 12.5. The molecule has 0 saturated carbocycles. The Labute approximate surface area is 162 Å². The normalized spacial score (nSPS) is 14.9. The fraction of sp³-hybridized carbons (Fsp3) is 0.478. The average Bonchev–Trinajstić information content (AvgIpc) is 2.65. The van der Waals surface area contributed by atoms with Crippen LogP contribution in [0.25, 0.3) is 0 Å². The Morgan fingerprint density at radius 3 is 1.42 bits per heavy atom. The largest absolute Gasteiger partial charge is 0.455 e. The standard InChI is InChI=1S/C23H32OP2/c1-7-25(8-2)19-15-11-13-17-21(19)24-22-18(23(17,5)6)14-12-16-20(22)26(9-3)10-4/h11-16H,7-10H2,1-6H3. The van der Waals surface area contributed by atoms with Crippen molar-refractivity contribution in [1.82, 2.24) is 0 Å². The molecule has 1 aliphatic heterocycles. The van der Waals surface area contributed by atoms with Gasteiger partial charge in [-0.15, -0.1) is 0 Å². The van der Waals surface area contributed by atoms with Crippen LogP contribution in [-0.4, -0.2) is 24.6 Å². The first-order valence-electron chi connectivity index (χ1n) is 9.94. The SMILES string of the molecule is CCP(CC)c1cccc2c1Oc1c(P(CC)CC)cccc1C2(C)C. The Morgan fingerprint density at radius 2 is 1.08 bits per heavy atom. The van der Waals surface area contributed by atoms with Crippen LogP contribution in [0.5, 0.6) is 11.5 Å². The maximum atomic E-state index is 6.78. The van der Waals surface area contributed by atoms with Crippen LogP contribution in [0.15, 0.2) is 36.4 Å². The van der Waals surface area contributed by atoms with Crippen LogP contribution in [0.2, 0.25) is 0 Å². The number of para-hydroxylation sites is 2. The van der Waals surface area contributed by atoms with Crippen LogP contribution in [-0.2, 0) is 5.41 Å². The monoisotopic (exact) mass is 386 g/mol. The second-order valence-electron chi connectivity index (χ2n) is 7.38. The van der Waals surface area contributed by atoms with Crippen molar-refractivity contribution in [2.24, 2.45) is 0 Å². The lowest BCUT2D eigenvalue weighted by atomic mass is 9.76. The summed E-state index contributed by atoms with van der Waals surface area (Å²) >= 11 is 0. The number of hydrogen-bond acceptors (Lipinski definition) is 1. The lowest BCUT2D eigenvalue weighted by Crippen LogP contribution is -2.30. The summed E-state index contributed by atoms with van der Waals surface area (Å²) in [6.07, 6.45) is 4.88. The van der Waals surface area contributed by atoms with Gasteiger partial charge in [0, 0.05) is 27.2 Å². The van der Waals surface area contributed by atoms with Crippen molar-refractivity contribution in [2.75, 3.05) is 24.6 Å². The van der Waals surface area contributed by atoms with E-state index in [4.69, 9.17) is 4.74 Å². The molecule has 0 radical (unpaired) electrons. The van der Waals surface area contributed by atoms with Crippen LogP contribution in [0.4, 0.5) is 0 Å². The molecule has 0 fully saturated rings. The first-order valence-corrected chi connectivity index (χ1v) is 13.4. The molecule has 2 aromatic carbocycles. The molecule has 1 aliphatic rings. The summed E-state index contributed by atoms with van der Waals surface area (Å²) in [5.41, 5.74) is 2.69. The van der Waals surface area contributed by atoms with Crippen molar-refractivity contribution in [2.45, 2.75) is 47.0 Å². The highest BCUT2D eigenvalue weighted by molar-refractivity contribution is 7.66. The molecule has 3 heteroatoms. The van der Waals surface area contributed by atoms with Gasteiger partial charge in [-0.1, -0.05) is 93.8 Å². The molecule has 0 unspecified atom stereocenters. The summed E-state index contributed by atoms with van der Waals surface area (Å²) < 4.78 is 6.78. The topological polar surface area (TPSA) is 9.23 Å². The van der Waals surface area contributed by atoms with Gasteiger partial charge in [-0.3, -0.25) is 0 Å². The average molecular weight is 386 g/mol. The molecule has 1 nitrogen and oxygen atoms in total. The molecule has 3 rings (SSSR count). The first kappa shape index (κ1) is 19.9. The van der Waals surface area contributed by atoms with E-state index in [0.717, 1.165) is 11.5 Å². The molecule has 2 aromatic rings. The second-order valence-corrected chi connectivity index (χ2v) is 13.0. The van der Waals surface area contributed by atoms with Crippen LogP contribution < -0.4 is 15.3 Å². The highest BCUT2D eigenvalue weighted by Gasteiger charge is 2.37. The van der Waals surface area contributed by atoms with Crippen molar-refractivity contribution >= 4 is 26.5 Å². The van der Waals surface area contributed by atoms with Crippen molar-refractivity contribution in [3.63, 3.8) is 0 Å². The van der Waals surface area contributed by atoms with Gasteiger partial charge in [0.2, 0.25) is 0 Å². The smallest absolute Gasteiger partial charge is 0.139 e. The van der Waals surface area contributed by atoms with Crippen molar-refractivity contribution in [3.05, 3.63) is 47.5 Å². The van der Waals surface area contributed by atoms with Crippen LogP contribution in [0, 0.1) is 0 Å². The lowest BCUT2D eigenvalue weighted by molar-refractivity contribution is 0.424. The number of fused-ring (bicyclic) bond motifs is 2. The van der Waals surface area contributed by atoms with Gasteiger partial charge in [0.25, 0.3) is 0 Å². The Bertz CT molecular complexity index is 710. The summed E-state index contributed by atoms with van der Waals surface area (Å²) in [5.74, 6) is 2.32. The second kappa shape index (κ2) is 8.00. The zero-order valence-corrected chi connectivity index (χ0v) is 18.9. The number of hydrogen-bond donors (Lipinski definition) is 0. The van der Waals surface area contributed by atoms with Crippen LogP contribution >= 0.6 is 15.8 Å². The molecule has 0 N–H and O–H groups in total. The van der Waals surface area contributed by atoms with Gasteiger partial charge in [0.05, 0.1) is 0 Å². The molecule has 0 saturated heterocycles. The third kappa shape index (κ3) is 3.23. The minimum Gasteiger partial charge on any atom is -0.455 e. The van der Waals surface area contributed by atoms with E-state index in [1.807, 2.05) is 0 Å². The van der Waals surface area contributed by atoms with E-state index in [2.05, 4.69) is 77.9 Å². The fourth-order valence-electron chi connectivity index (χ4n) is 4.12. The zero-order chi connectivity index (χ0) is 18.9. The molecule has 26 heavy (non-hydrogen) atoms. The zero-order valence-electron chi connectivity index (χ0n) is 17.1. The summed E-state index contributed by atoms with van der Waals surface area (Å²) in [4.78, 5) is 0. The van der Waals surface area contributed by atoms with E-state index in [9.17, 15) is 0 Å². The van der Waals surface area contributed by atoms with E-state index in [-0.39, 0.29) is 21.3 Å². The molecular formula is C23H32OP2. The van der Waals surface area contributed by atoms with E-state index in [1.165, 1.54) is 46.4 Å². The molecule has 0 bridgehead atoms. The molecule has 0 atom stereocenters. The van der Waals surface area contributed by atoms with Gasteiger partial charge in [0.1, 0.15) is 11.5 Å². The maximum Gasteiger partial charge on any atom is 0.139 e. The van der Waals surface area contributed by atoms with Gasteiger partial charge in [-0.05, 0) is 24.6 Å². The number of rotatable bonds is 6. The van der Waals surface area contributed by atoms with Crippen molar-refractivity contribution in [1.29, 1.82) is 0 Å². The quantitative estimate of drug-likeness (QED) is 0.521. The maximum absolute atomic E-state index is 6.78. The van der Waals surface area contributed by atoms with Gasteiger partial charge in [0.15, 0.2) is 0 Å². The molecular weight excluding hydrogens is 354 g/mol. The Balaban J connectivity index is 2.22.